The molecule has 0 unspecified atom stereocenters. The Morgan fingerprint density at radius 2 is 1.93 bits per heavy atom. The van der Waals surface area contributed by atoms with Crippen molar-refractivity contribution in [1.29, 1.82) is 0 Å². The molecule has 3 nitrogen and oxygen atoms in total. The molecule has 0 bridgehead atoms. The van der Waals surface area contributed by atoms with Crippen LogP contribution in [-0.2, 0) is 5.60 Å². The summed E-state index contributed by atoms with van der Waals surface area (Å²) in [5, 5.41) is 21.8. The molecule has 1 heterocycles. The Balaban J connectivity index is 2.32. The zero-order valence-electron chi connectivity index (χ0n) is 8.15. The Hall–Kier alpha value is -1.09. The lowest BCUT2D eigenvalue weighted by molar-refractivity contribution is -0.623. The highest BCUT2D eigenvalue weighted by Gasteiger charge is 2.37. The third kappa shape index (κ3) is 1.60. The average Bonchev–Trinajstić information content (AvgIpc) is 2.19. The second kappa shape index (κ2) is 3.58. The second-order valence-corrected chi connectivity index (χ2v) is 4.00. The van der Waals surface area contributed by atoms with Crippen molar-refractivity contribution in [3.8, 4) is 0 Å². The minimum absolute atomic E-state index is 0.500. The molecule has 1 aromatic rings. The van der Waals surface area contributed by atoms with Gasteiger partial charge in [0.2, 0.25) is 5.69 Å². The minimum atomic E-state index is -0.888. The summed E-state index contributed by atoms with van der Waals surface area (Å²) in [6.45, 7) is 0. The van der Waals surface area contributed by atoms with Gasteiger partial charge < -0.3 is 10.3 Å². The molecule has 1 saturated carbocycles. The fourth-order valence-electron chi connectivity index (χ4n) is 2.18. The van der Waals surface area contributed by atoms with Crippen LogP contribution in [0.15, 0.2) is 24.4 Å². The summed E-state index contributed by atoms with van der Waals surface area (Å²) in [5.41, 5.74) is -0.388. The maximum atomic E-state index is 11.5. The second-order valence-electron chi connectivity index (χ2n) is 4.00. The number of hydrogen-bond acceptors (Lipinski definition) is 2. The van der Waals surface area contributed by atoms with Crippen molar-refractivity contribution in [2.75, 3.05) is 0 Å². The molecule has 2 rings (SSSR count). The van der Waals surface area contributed by atoms with Crippen molar-refractivity contribution in [1.82, 2.24) is 0 Å². The third-order valence-corrected chi connectivity index (χ3v) is 2.98. The van der Waals surface area contributed by atoms with E-state index in [0.717, 1.165) is 24.0 Å². The van der Waals surface area contributed by atoms with E-state index in [2.05, 4.69) is 0 Å². The topological polar surface area (TPSA) is 47.2 Å². The zero-order valence-corrected chi connectivity index (χ0v) is 8.15. The highest BCUT2D eigenvalue weighted by Crippen LogP contribution is 2.34. The van der Waals surface area contributed by atoms with Crippen molar-refractivity contribution in [2.45, 2.75) is 37.7 Å². The molecule has 0 aliphatic heterocycles. The molecule has 76 valence electrons. The summed E-state index contributed by atoms with van der Waals surface area (Å²) < 4.78 is 0.783. The van der Waals surface area contributed by atoms with E-state index >= 15 is 0 Å². The molecule has 0 radical (unpaired) electrons. The quantitative estimate of drug-likeness (QED) is 0.542. The molecular weight excluding hydrogens is 178 g/mol. The van der Waals surface area contributed by atoms with Crippen molar-refractivity contribution in [3.05, 3.63) is 35.3 Å². The maximum absolute atomic E-state index is 11.5. The highest BCUT2D eigenvalue weighted by atomic mass is 16.5. The fourth-order valence-corrected chi connectivity index (χ4v) is 2.18. The van der Waals surface area contributed by atoms with E-state index in [1.165, 1.54) is 6.20 Å². The molecule has 0 spiro atoms. The van der Waals surface area contributed by atoms with Crippen LogP contribution in [0.3, 0.4) is 0 Å². The smallest absolute Gasteiger partial charge is 0.224 e. The van der Waals surface area contributed by atoms with Crippen LogP contribution in [0.1, 0.15) is 37.8 Å². The van der Waals surface area contributed by atoms with Gasteiger partial charge in [0.1, 0.15) is 5.60 Å². The van der Waals surface area contributed by atoms with Gasteiger partial charge in [0.25, 0.3) is 0 Å². The largest absolute Gasteiger partial charge is 0.618 e. The van der Waals surface area contributed by atoms with Crippen LogP contribution in [0.4, 0.5) is 0 Å². The van der Waals surface area contributed by atoms with Crippen molar-refractivity contribution in [2.24, 2.45) is 0 Å². The summed E-state index contributed by atoms with van der Waals surface area (Å²) in [7, 11) is 0. The summed E-state index contributed by atoms with van der Waals surface area (Å²) in [5.74, 6) is 0. The normalized spacial score (nSPS) is 20.6. The fraction of sp³-hybridized carbons (Fsp3) is 0.545. The van der Waals surface area contributed by atoms with Gasteiger partial charge in [-0.25, -0.2) is 0 Å². The monoisotopic (exact) mass is 193 g/mol. The first kappa shape index (κ1) is 9.46. The molecule has 1 N–H and O–H groups in total. The van der Waals surface area contributed by atoms with E-state index < -0.39 is 5.60 Å². The standard InChI is InChI=1S/C11H15NO2/c13-11(7-3-1-4-8-11)10-6-2-5-9-12(10)14/h2,5-6,9,13H,1,3-4,7-8H2. The minimum Gasteiger partial charge on any atom is -0.618 e. The van der Waals surface area contributed by atoms with Crippen LogP contribution in [0.2, 0.25) is 0 Å². The van der Waals surface area contributed by atoms with E-state index in [0.29, 0.717) is 18.5 Å². The Labute approximate surface area is 83.6 Å². The lowest BCUT2D eigenvalue weighted by Crippen LogP contribution is -2.43. The van der Waals surface area contributed by atoms with Crippen LogP contribution in [-0.4, -0.2) is 5.11 Å². The van der Waals surface area contributed by atoms with Gasteiger partial charge in [0.05, 0.1) is 0 Å². The van der Waals surface area contributed by atoms with Gasteiger partial charge in [-0.2, -0.15) is 4.73 Å². The third-order valence-electron chi connectivity index (χ3n) is 2.98. The van der Waals surface area contributed by atoms with Crippen LogP contribution >= 0.6 is 0 Å². The van der Waals surface area contributed by atoms with Crippen molar-refractivity contribution in [3.63, 3.8) is 0 Å². The molecule has 0 saturated heterocycles. The number of pyridine rings is 1. The van der Waals surface area contributed by atoms with Crippen molar-refractivity contribution < 1.29 is 9.84 Å². The highest BCUT2D eigenvalue weighted by molar-refractivity contribution is 5.08. The van der Waals surface area contributed by atoms with Gasteiger partial charge in [-0.05, 0) is 31.7 Å². The van der Waals surface area contributed by atoms with Gasteiger partial charge in [-0.15, -0.1) is 0 Å². The number of aliphatic hydroxyl groups is 1. The molecule has 3 heteroatoms. The molecule has 14 heavy (non-hydrogen) atoms. The van der Waals surface area contributed by atoms with Crippen LogP contribution in [0.5, 0.6) is 0 Å². The van der Waals surface area contributed by atoms with Crippen molar-refractivity contribution >= 4 is 0 Å². The summed E-state index contributed by atoms with van der Waals surface area (Å²) >= 11 is 0. The Bertz CT molecular complexity index is 319. The first-order chi connectivity index (χ1) is 6.72. The predicted molar refractivity (Wildman–Crippen MR) is 52.4 cm³/mol. The van der Waals surface area contributed by atoms with Gasteiger partial charge in [0, 0.05) is 12.1 Å². The number of nitrogens with zero attached hydrogens (tertiary/aromatic N) is 1. The first-order valence-electron chi connectivity index (χ1n) is 5.13. The number of rotatable bonds is 1. The molecule has 0 atom stereocenters. The summed E-state index contributed by atoms with van der Waals surface area (Å²) in [6, 6.07) is 5.21. The zero-order chi connectivity index (χ0) is 10.0. The molecular formula is C11H15NO2. The Kier molecular flexibility index (Phi) is 2.42. The van der Waals surface area contributed by atoms with E-state index in [9.17, 15) is 10.3 Å². The molecule has 1 aliphatic rings. The van der Waals surface area contributed by atoms with Crippen LogP contribution in [0.25, 0.3) is 0 Å². The van der Waals surface area contributed by atoms with Gasteiger partial charge in [-0.1, -0.05) is 6.42 Å². The molecule has 1 aromatic heterocycles. The van der Waals surface area contributed by atoms with Crippen LogP contribution in [0, 0.1) is 5.21 Å². The lowest BCUT2D eigenvalue weighted by Gasteiger charge is -2.29. The first-order valence-corrected chi connectivity index (χ1v) is 5.13. The van der Waals surface area contributed by atoms with E-state index in [-0.39, 0.29) is 0 Å². The lowest BCUT2D eigenvalue weighted by atomic mass is 9.82. The van der Waals surface area contributed by atoms with Gasteiger partial charge in [0.15, 0.2) is 6.20 Å². The Morgan fingerprint density at radius 3 is 2.57 bits per heavy atom. The molecule has 1 fully saturated rings. The van der Waals surface area contributed by atoms with E-state index in [4.69, 9.17) is 0 Å². The number of hydrogen-bond donors (Lipinski definition) is 1. The predicted octanol–water partition coefficient (Wildman–Crippen LogP) is 1.47. The summed E-state index contributed by atoms with van der Waals surface area (Å²) in [6.07, 6.45) is 6.03. The average molecular weight is 193 g/mol. The van der Waals surface area contributed by atoms with Crippen LogP contribution < -0.4 is 4.73 Å². The van der Waals surface area contributed by atoms with Gasteiger partial charge in [-0.3, -0.25) is 0 Å². The molecule has 0 amide bonds. The van der Waals surface area contributed by atoms with E-state index in [1.54, 1.807) is 18.2 Å². The maximum Gasteiger partial charge on any atom is 0.224 e. The molecule has 1 aliphatic carbocycles. The van der Waals surface area contributed by atoms with Gasteiger partial charge >= 0.3 is 0 Å². The Morgan fingerprint density at radius 1 is 1.21 bits per heavy atom. The molecule has 0 aromatic carbocycles. The SMILES string of the molecule is [O-][n+]1ccccc1C1(O)CCCCC1. The number of aromatic nitrogens is 1. The van der Waals surface area contributed by atoms with E-state index in [1.807, 2.05) is 0 Å². The summed E-state index contributed by atoms with van der Waals surface area (Å²) in [4.78, 5) is 0.